The molecule has 110 valence electrons. The lowest BCUT2D eigenvalue weighted by molar-refractivity contribution is 0.0892. The molecule has 0 spiro atoms. The predicted octanol–water partition coefficient (Wildman–Crippen LogP) is 2.45. The molecule has 1 amide bonds. The summed E-state index contributed by atoms with van der Waals surface area (Å²) in [5.41, 5.74) is -0.700. The largest absolute Gasteiger partial charge is 0.405 e. The molecule has 1 unspecified atom stereocenters. The summed E-state index contributed by atoms with van der Waals surface area (Å²) in [7, 11) is 0. The number of nitrogens with zero attached hydrogens (tertiary/aromatic N) is 2. The normalized spacial score (nSPS) is 17.9. The van der Waals surface area contributed by atoms with E-state index in [1.54, 1.807) is 0 Å². The van der Waals surface area contributed by atoms with E-state index in [9.17, 15) is 13.6 Å². The third-order valence-electron chi connectivity index (χ3n) is 3.06. The Morgan fingerprint density at radius 2 is 2.05 bits per heavy atom. The van der Waals surface area contributed by atoms with Crippen LogP contribution in [0.2, 0.25) is 0 Å². The van der Waals surface area contributed by atoms with Crippen LogP contribution in [-0.2, 0) is 4.74 Å². The molecule has 0 saturated carbocycles. The Balaban J connectivity index is 1.76. The standard InChI is InChI=1S/C13H11F2N3O3/c14-7-3-1-4-8(15)10(7)11(19)16-13-18-17-12(21-13)9-5-2-6-20-9/h1,3-4,9H,2,5-6H2,(H,16,18,19). The number of hydrogen-bond donors (Lipinski definition) is 1. The van der Waals surface area contributed by atoms with Gasteiger partial charge in [0.05, 0.1) is 0 Å². The number of benzene rings is 1. The highest BCUT2D eigenvalue weighted by atomic mass is 19.1. The zero-order chi connectivity index (χ0) is 14.8. The number of aromatic nitrogens is 2. The van der Waals surface area contributed by atoms with Crippen molar-refractivity contribution in [1.82, 2.24) is 10.2 Å². The van der Waals surface area contributed by atoms with E-state index in [4.69, 9.17) is 9.15 Å². The number of carbonyl (C=O) groups is 1. The Hall–Kier alpha value is -2.35. The molecule has 0 aliphatic carbocycles. The summed E-state index contributed by atoms with van der Waals surface area (Å²) in [4.78, 5) is 11.8. The summed E-state index contributed by atoms with van der Waals surface area (Å²) in [6.07, 6.45) is 1.33. The molecule has 21 heavy (non-hydrogen) atoms. The minimum Gasteiger partial charge on any atom is -0.405 e. The summed E-state index contributed by atoms with van der Waals surface area (Å²) < 4.78 is 37.5. The van der Waals surface area contributed by atoms with Crippen molar-refractivity contribution in [2.45, 2.75) is 18.9 Å². The predicted molar refractivity (Wildman–Crippen MR) is 66.5 cm³/mol. The quantitative estimate of drug-likeness (QED) is 0.941. The van der Waals surface area contributed by atoms with E-state index in [0.29, 0.717) is 6.61 Å². The molecular formula is C13H11F2N3O3. The van der Waals surface area contributed by atoms with Crippen LogP contribution < -0.4 is 5.32 Å². The van der Waals surface area contributed by atoms with Crippen molar-refractivity contribution in [3.63, 3.8) is 0 Å². The highest BCUT2D eigenvalue weighted by Gasteiger charge is 2.25. The van der Waals surface area contributed by atoms with Crippen LogP contribution in [0, 0.1) is 11.6 Å². The zero-order valence-corrected chi connectivity index (χ0v) is 10.8. The first kappa shape index (κ1) is 13.6. The second-order valence-electron chi connectivity index (χ2n) is 4.50. The lowest BCUT2D eigenvalue weighted by atomic mass is 10.2. The molecule has 6 nitrogen and oxygen atoms in total. The molecule has 1 aliphatic rings. The molecule has 1 saturated heterocycles. The maximum atomic E-state index is 13.5. The van der Waals surface area contributed by atoms with Gasteiger partial charge in [-0.2, -0.15) is 0 Å². The molecule has 8 heteroatoms. The Morgan fingerprint density at radius 3 is 2.71 bits per heavy atom. The molecule has 0 bridgehead atoms. The monoisotopic (exact) mass is 295 g/mol. The van der Waals surface area contributed by atoms with Crippen LogP contribution in [0.4, 0.5) is 14.8 Å². The van der Waals surface area contributed by atoms with Gasteiger partial charge in [0.1, 0.15) is 23.3 Å². The Bertz CT molecular complexity index is 648. The molecule has 1 aliphatic heterocycles. The zero-order valence-electron chi connectivity index (χ0n) is 10.8. The maximum absolute atomic E-state index is 13.5. The van der Waals surface area contributed by atoms with Crippen LogP contribution in [0.15, 0.2) is 22.6 Å². The van der Waals surface area contributed by atoms with Crippen LogP contribution >= 0.6 is 0 Å². The van der Waals surface area contributed by atoms with Crippen molar-refractivity contribution < 1.29 is 22.7 Å². The SMILES string of the molecule is O=C(Nc1nnc(C2CCCO2)o1)c1c(F)cccc1F. The van der Waals surface area contributed by atoms with Crippen LogP contribution in [0.5, 0.6) is 0 Å². The second kappa shape index (κ2) is 5.57. The number of amides is 1. The highest BCUT2D eigenvalue weighted by Crippen LogP contribution is 2.28. The van der Waals surface area contributed by atoms with Gasteiger partial charge in [0, 0.05) is 6.61 Å². The summed E-state index contributed by atoms with van der Waals surface area (Å²) in [6, 6.07) is 2.92. The van der Waals surface area contributed by atoms with Crippen LogP contribution in [0.1, 0.15) is 35.2 Å². The van der Waals surface area contributed by atoms with Crippen molar-refractivity contribution in [2.75, 3.05) is 11.9 Å². The highest BCUT2D eigenvalue weighted by molar-refractivity contribution is 6.03. The molecule has 3 rings (SSSR count). The smallest absolute Gasteiger partial charge is 0.322 e. The van der Waals surface area contributed by atoms with Crippen LogP contribution in [-0.4, -0.2) is 22.7 Å². The minimum atomic E-state index is -0.992. The first-order valence-corrected chi connectivity index (χ1v) is 6.35. The van der Waals surface area contributed by atoms with Gasteiger partial charge in [0.15, 0.2) is 0 Å². The van der Waals surface area contributed by atoms with Gasteiger partial charge in [0.2, 0.25) is 5.89 Å². The lowest BCUT2D eigenvalue weighted by Gasteiger charge is -2.04. The lowest BCUT2D eigenvalue weighted by Crippen LogP contribution is -2.16. The number of anilines is 1. The third-order valence-corrected chi connectivity index (χ3v) is 3.06. The van der Waals surface area contributed by atoms with E-state index < -0.39 is 23.1 Å². The number of hydrogen-bond acceptors (Lipinski definition) is 5. The molecule has 0 radical (unpaired) electrons. The summed E-state index contributed by atoms with van der Waals surface area (Å²) in [6.45, 7) is 0.606. The molecule has 2 heterocycles. The summed E-state index contributed by atoms with van der Waals surface area (Å²) >= 11 is 0. The van der Waals surface area contributed by atoms with Crippen molar-refractivity contribution in [3.05, 3.63) is 41.3 Å². The van der Waals surface area contributed by atoms with Gasteiger partial charge in [-0.15, -0.1) is 5.10 Å². The van der Waals surface area contributed by atoms with Gasteiger partial charge in [-0.25, -0.2) is 8.78 Å². The number of halogens is 2. The second-order valence-corrected chi connectivity index (χ2v) is 4.50. The van der Waals surface area contributed by atoms with E-state index in [1.807, 2.05) is 0 Å². The molecular weight excluding hydrogens is 284 g/mol. The molecule has 1 aromatic carbocycles. The number of ether oxygens (including phenoxy) is 1. The van der Waals surface area contributed by atoms with Gasteiger partial charge >= 0.3 is 6.01 Å². The van der Waals surface area contributed by atoms with E-state index >= 15 is 0 Å². The molecule has 1 atom stereocenters. The van der Waals surface area contributed by atoms with Crippen LogP contribution in [0.25, 0.3) is 0 Å². The topological polar surface area (TPSA) is 77.2 Å². The van der Waals surface area contributed by atoms with Gasteiger partial charge in [-0.05, 0) is 25.0 Å². The average Bonchev–Trinajstić information content (AvgIpc) is 3.08. The molecule has 1 N–H and O–H groups in total. The van der Waals surface area contributed by atoms with Crippen molar-refractivity contribution >= 4 is 11.9 Å². The maximum Gasteiger partial charge on any atom is 0.322 e. The van der Waals surface area contributed by atoms with Crippen molar-refractivity contribution in [2.24, 2.45) is 0 Å². The van der Waals surface area contributed by atoms with Gasteiger partial charge in [0.25, 0.3) is 5.91 Å². The molecule has 2 aromatic rings. The fourth-order valence-corrected chi connectivity index (χ4v) is 2.06. The first-order chi connectivity index (χ1) is 10.1. The van der Waals surface area contributed by atoms with E-state index in [-0.39, 0.29) is 18.0 Å². The van der Waals surface area contributed by atoms with Gasteiger partial charge in [-0.3, -0.25) is 10.1 Å². The number of carbonyl (C=O) groups excluding carboxylic acids is 1. The number of nitrogens with one attached hydrogen (secondary N) is 1. The summed E-state index contributed by atoms with van der Waals surface area (Å²) in [5, 5.41) is 9.53. The minimum absolute atomic E-state index is 0.229. The first-order valence-electron chi connectivity index (χ1n) is 6.35. The third kappa shape index (κ3) is 2.75. The Kier molecular flexibility index (Phi) is 3.61. The molecule has 1 fully saturated rings. The van der Waals surface area contributed by atoms with Crippen molar-refractivity contribution in [3.8, 4) is 0 Å². The molecule has 1 aromatic heterocycles. The fraction of sp³-hybridized carbons (Fsp3) is 0.308. The van der Waals surface area contributed by atoms with Gasteiger partial charge < -0.3 is 9.15 Å². The van der Waals surface area contributed by atoms with Gasteiger partial charge in [-0.1, -0.05) is 11.2 Å². The number of rotatable bonds is 3. The van der Waals surface area contributed by atoms with E-state index in [1.165, 1.54) is 6.07 Å². The van der Waals surface area contributed by atoms with Crippen molar-refractivity contribution in [1.29, 1.82) is 0 Å². The van der Waals surface area contributed by atoms with E-state index in [0.717, 1.165) is 25.0 Å². The summed E-state index contributed by atoms with van der Waals surface area (Å²) in [5.74, 6) is -2.69. The Labute approximate surface area is 118 Å². The fourth-order valence-electron chi connectivity index (χ4n) is 2.06. The Morgan fingerprint density at radius 1 is 1.29 bits per heavy atom. The van der Waals surface area contributed by atoms with E-state index in [2.05, 4.69) is 15.5 Å². The van der Waals surface area contributed by atoms with Crippen LogP contribution in [0.3, 0.4) is 0 Å². The average molecular weight is 295 g/mol.